The Bertz CT molecular complexity index is 1200. The van der Waals surface area contributed by atoms with E-state index in [-0.39, 0.29) is 11.5 Å². The molecule has 0 unspecified atom stereocenters. The summed E-state index contributed by atoms with van der Waals surface area (Å²) in [7, 11) is 1.41. The molecule has 6 nitrogen and oxygen atoms in total. The monoisotopic (exact) mass is 636 g/mol. The number of rotatable bonds is 7. The van der Waals surface area contributed by atoms with E-state index in [9.17, 15) is 23.3 Å². The van der Waals surface area contributed by atoms with Gasteiger partial charge in [-0.15, -0.1) is 0 Å². The van der Waals surface area contributed by atoms with Gasteiger partial charge in [-0.1, -0.05) is 15.9 Å². The van der Waals surface area contributed by atoms with Crippen molar-refractivity contribution in [2.45, 2.75) is 19.6 Å². The van der Waals surface area contributed by atoms with Gasteiger partial charge in [0.15, 0.2) is 11.5 Å². The second kappa shape index (κ2) is 10.2. The van der Waals surface area contributed by atoms with Gasteiger partial charge in [-0.3, -0.25) is 10.1 Å². The van der Waals surface area contributed by atoms with E-state index in [0.29, 0.717) is 21.9 Å². The molecule has 0 saturated carbocycles. The normalized spacial score (nSPS) is 11.2. The maximum atomic E-state index is 13.0. The van der Waals surface area contributed by atoms with E-state index in [1.165, 1.54) is 7.11 Å². The highest BCUT2D eigenvalue weighted by atomic mass is 127. The molecule has 33 heavy (non-hydrogen) atoms. The van der Waals surface area contributed by atoms with Crippen LogP contribution in [0.3, 0.4) is 0 Å². The van der Waals surface area contributed by atoms with Crippen LogP contribution in [0.1, 0.15) is 16.7 Å². The van der Waals surface area contributed by atoms with Crippen LogP contribution in [0.25, 0.3) is 0 Å². The maximum absolute atomic E-state index is 13.0. The summed E-state index contributed by atoms with van der Waals surface area (Å²) < 4.78 is 51.5. The first-order chi connectivity index (χ1) is 15.5. The van der Waals surface area contributed by atoms with E-state index in [2.05, 4.69) is 21.2 Å². The zero-order chi connectivity index (χ0) is 24.3. The third kappa shape index (κ3) is 6.08. The summed E-state index contributed by atoms with van der Waals surface area (Å²) >= 11 is 5.41. The molecule has 0 atom stereocenters. The second-order valence-corrected chi connectivity index (χ2v) is 9.04. The highest BCUT2D eigenvalue weighted by Crippen LogP contribution is 2.42. The van der Waals surface area contributed by atoms with Gasteiger partial charge in [0.2, 0.25) is 5.75 Å². The van der Waals surface area contributed by atoms with Crippen LogP contribution >= 0.6 is 38.5 Å². The number of nitrogens with zero attached hydrogens (tertiary/aromatic N) is 1. The van der Waals surface area contributed by atoms with Crippen molar-refractivity contribution in [3.8, 4) is 17.2 Å². The molecule has 0 heterocycles. The van der Waals surface area contributed by atoms with Crippen LogP contribution in [0, 0.1) is 20.6 Å². The zero-order valence-corrected chi connectivity index (χ0v) is 21.0. The van der Waals surface area contributed by atoms with Crippen molar-refractivity contribution < 1.29 is 27.6 Å². The molecule has 11 heteroatoms. The number of hydrogen-bond donors (Lipinski definition) is 1. The van der Waals surface area contributed by atoms with Crippen LogP contribution < -0.4 is 14.8 Å². The fourth-order valence-corrected chi connectivity index (χ4v) is 4.28. The molecule has 3 rings (SSSR count). The van der Waals surface area contributed by atoms with Crippen molar-refractivity contribution >= 4 is 49.9 Å². The van der Waals surface area contributed by atoms with Gasteiger partial charge in [0, 0.05) is 22.8 Å². The number of aryl methyl sites for hydroxylation is 1. The van der Waals surface area contributed by atoms with E-state index >= 15 is 0 Å². The Balaban J connectivity index is 1.89. The number of nitro benzene ring substituents is 1. The van der Waals surface area contributed by atoms with Crippen LogP contribution in [-0.4, -0.2) is 12.0 Å². The number of ether oxygens (including phenoxy) is 2. The molecule has 0 saturated heterocycles. The van der Waals surface area contributed by atoms with E-state index in [1.807, 2.05) is 47.7 Å². The molecule has 0 radical (unpaired) electrons. The van der Waals surface area contributed by atoms with Crippen molar-refractivity contribution in [3.05, 3.63) is 83.4 Å². The molecular formula is C22H17BrF3IN2O4. The first-order valence-electron chi connectivity index (χ1n) is 9.39. The zero-order valence-electron chi connectivity index (χ0n) is 17.3. The maximum Gasteiger partial charge on any atom is 0.416 e. The van der Waals surface area contributed by atoms with Crippen molar-refractivity contribution in [1.29, 1.82) is 0 Å². The predicted molar refractivity (Wildman–Crippen MR) is 130 cm³/mol. The molecule has 0 aliphatic rings. The molecular weight excluding hydrogens is 620 g/mol. The molecule has 0 bridgehead atoms. The lowest BCUT2D eigenvalue weighted by Crippen LogP contribution is -2.06. The van der Waals surface area contributed by atoms with Crippen molar-refractivity contribution in [2.24, 2.45) is 0 Å². The molecule has 0 aliphatic carbocycles. The number of benzene rings is 3. The molecule has 3 aromatic carbocycles. The summed E-state index contributed by atoms with van der Waals surface area (Å²) in [5.74, 6) is 0.144. The Kier molecular flexibility index (Phi) is 7.73. The van der Waals surface area contributed by atoms with Gasteiger partial charge in [0.1, 0.15) is 0 Å². The predicted octanol–water partition coefficient (Wildman–Crippen LogP) is 7.70. The van der Waals surface area contributed by atoms with Crippen molar-refractivity contribution in [2.75, 3.05) is 12.4 Å². The van der Waals surface area contributed by atoms with Gasteiger partial charge in [-0.25, -0.2) is 0 Å². The fourth-order valence-electron chi connectivity index (χ4n) is 3.03. The standard InChI is InChI=1S/C22H17BrF3IN2O4/c1-12-7-15(23)4-5-17(12)28-11-13-8-16(27)21(20(9-13)32-2)33-19-6-3-14(22(24,25)26)10-18(19)29(30)31/h3-10,28H,11H2,1-2H3. The minimum Gasteiger partial charge on any atom is -0.493 e. The number of anilines is 1. The van der Waals surface area contributed by atoms with E-state index in [4.69, 9.17) is 9.47 Å². The Morgan fingerprint density at radius 2 is 1.85 bits per heavy atom. The average molecular weight is 637 g/mol. The van der Waals surface area contributed by atoms with Crippen LogP contribution in [-0.2, 0) is 12.7 Å². The molecule has 0 amide bonds. The lowest BCUT2D eigenvalue weighted by Gasteiger charge is -2.16. The third-order valence-electron chi connectivity index (χ3n) is 4.66. The van der Waals surface area contributed by atoms with Crippen LogP contribution in [0.5, 0.6) is 17.2 Å². The van der Waals surface area contributed by atoms with Gasteiger partial charge in [-0.2, -0.15) is 13.2 Å². The molecule has 3 aromatic rings. The Morgan fingerprint density at radius 3 is 2.45 bits per heavy atom. The number of halogens is 5. The topological polar surface area (TPSA) is 73.6 Å². The van der Waals surface area contributed by atoms with Crippen LogP contribution in [0.4, 0.5) is 24.5 Å². The molecule has 0 fully saturated rings. The van der Waals surface area contributed by atoms with E-state index in [0.717, 1.165) is 33.4 Å². The number of hydrogen-bond acceptors (Lipinski definition) is 5. The first-order valence-corrected chi connectivity index (χ1v) is 11.3. The van der Waals surface area contributed by atoms with Crippen LogP contribution in [0.15, 0.2) is 53.0 Å². The largest absolute Gasteiger partial charge is 0.493 e. The third-order valence-corrected chi connectivity index (χ3v) is 5.95. The highest BCUT2D eigenvalue weighted by molar-refractivity contribution is 14.1. The highest BCUT2D eigenvalue weighted by Gasteiger charge is 2.33. The summed E-state index contributed by atoms with van der Waals surface area (Å²) in [6.07, 6.45) is -4.71. The fraction of sp³-hybridized carbons (Fsp3) is 0.182. The number of nitro groups is 1. The summed E-state index contributed by atoms with van der Waals surface area (Å²) in [6.45, 7) is 2.45. The molecule has 0 aromatic heterocycles. The molecule has 0 aliphatic heterocycles. The summed E-state index contributed by atoms with van der Waals surface area (Å²) in [5, 5.41) is 14.7. The quantitative estimate of drug-likeness (QED) is 0.163. The van der Waals surface area contributed by atoms with Gasteiger partial charge in [-0.05, 0) is 83.1 Å². The lowest BCUT2D eigenvalue weighted by atomic mass is 10.1. The van der Waals surface area contributed by atoms with E-state index < -0.39 is 22.4 Å². The molecule has 1 N–H and O–H groups in total. The second-order valence-electron chi connectivity index (χ2n) is 6.96. The molecule has 0 spiro atoms. The number of methoxy groups -OCH3 is 1. The molecule has 174 valence electrons. The minimum absolute atomic E-state index is 0.171. The Hall–Kier alpha value is -2.54. The summed E-state index contributed by atoms with van der Waals surface area (Å²) in [6, 6.07) is 11.5. The smallest absolute Gasteiger partial charge is 0.416 e. The lowest BCUT2D eigenvalue weighted by molar-refractivity contribution is -0.385. The number of nitrogens with one attached hydrogen (secondary N) is 1. The van der Waals surface area contributed by atoms with Gasteiger partial charge in [0.25, 0.3) is 0 Å². The van der Waals surface area contributed by atoms with Crippen molar-refractivity contribution in [1.82, 2.24) is 0 Å². The van der Waals surface area contributed by atoms with Crippen LogP contribution in [0.2, 0.25) is 0 Å². The van der Waals surface area contributed by atoms with Gasteiger partial charge in [0.05, 0.1) is 21.2 Å². The van der Waals surface area contributed by atoms with Gasteiger partial charge >= 0.3 is 11.9 Å². The van der Waals surface area contributed by atoms with E-state index in [1.54, 1.807) is 12.1 Å². The minimum atomic E-state index is -4.71. The summed E-state index contributed by atoms with van der Waals surface area (Å²) in [4.78, 5) is 10.5. The SMILES string of the molecule is COc1cc(CNc2ccc(Br)cc2C)cc(I)c1Oc1ccc(C(F)(F)F)cc1[N+](=O)[O-]. The first kappa shape index (κ1) is 25.1. The number of alkyl halides is 3. The summed E-state index contributed by atoms with van der Waals surface area (Å²) in [5.41, 5.74) is 0.938. The van der Waals surface area contributed by atoms with Crippen molar-refractivity contribution in [3.63, 3.8) is 0 Å². The average Bonchev–Trinajstić information content (AvgIpc) is 2.73. The Morgan fingerprint density at radius 1 is 1.12 bits per heavy atom. The van der Waals surface area contributed by atoms with Gasteiger partial charge < -0.3 is 14.8 Å². The Labute approximate surface area is 209 Å².